The van der Waals surface area contributed by atoms with Crippen LogP contribution in [0.5, 0.6) is 11.5 Å². The zero-order valence-corrected chi connectivity index (χ0v) is 16.7. The van der Waals surface area contributed by atoms with Gasteiger partial charge in [0.1, 0.15) is 18.1 Å². The summed E-state index contributed by atoms with van der Waals surface area (Å²) in [5.41, 5.74) is 3.07. The summed E-state index contributed by atoms with van der Waals surface area (Å²) in [5, 5.41) is 4.86. The van der Waals surface area contributed by atoms with Gasteiger partial charge in [0.2, 0.25) is 0 Å². The van der Waals surface area contributed by atoms with Crippen LogP contribution in [-0.4, -0.2) is 22.7 Å². The van der Waals surface area contributed by atoms with Gasteiger partial charge in [0, 0.05) is 23.8 Å². The van der Waals surface area contributed by atoms with Crippen LogP contribution in [0.4, 0.5) is 0 Å². The number of hydrogen-bond acceptors (Lipinski definition) is 4. The minimum Gasteiger partial charge on any atom is -0.496 e. The van der Waals surface area contributed by atoms with Crippen LogP contribution in [0.15, 0.2) is 54.7 Å². The van der Waals surface area contributed by atoms with E-state index >= 15 is 0 Å². The van der Waals surface area contributed by atoms with Gasteiger partial charge in [-0.25, -0.2) is 0 Å². The van der Waals surface area contributed by atoms with Crippen LogP contribution in [0.3, 0.4) is 0 Å². The van der Waals surface area contributed by atoms with Crippen LogP contribution in [-0.2, 0) is 13.7 Å². The topological polar surface area (TPSA) is 53.4 Å². The normalized spacial score (nSPS) is 11.0. The molecule has 0 unspecified atom stereocenters. The molecule has 1 heterocycles. The predicted molar refractivity (Wildman–Crippen MR) is 110 cm³/mol. The summed E-state index contributed by atoms with van der Waals surface area (Å²) in [6.45, 7) is 2.16. The lowest BCUT2D eigenvalue weighted by atomic mass is 10.1. The number of carbonyl (C=O) groups is 1. The monoisotopic (exact) mass is 396 g/mol. The Hall–Kier alpha value is -3.05. The molecule has 144 valence electrons. The van der Waals surface area contributed by atoms with E-state index in [1.54, 1.807) is 49.3 Å². The second-order valence-electron chi connectivity index (χ2n) is 6.31. The molecule has 0 bridgehead atoms. The van der Waals surface area contributed by atoms with E-state index in [1.165, 1.54) is 0 Å². The number of methoxy groups -OCH3 is 1. The van der Waals surface area contributed by atoms with Crippen LogP contribution < -0.4 is 9.47 Å². The van der Waals surface area contributed by atoms with Gasteiger partial charge >= 0.3 is 0 Å². The van der Waals surface area contributed by atoms with Crippen LogP contribution in [0.1, 0.15) is 27.2 Å². The van der Waals surface area contributed by atoms with Crippen molar-refractivity contribution in [1.29, 1.82) is 0 Å². The number of nitrogens with zero attached hydrogens (tertiary/aromatic N) is 2. The molecule has 0 aliphatic rings. The summed E-state index contributed by atoms with van der Waals surface area (Å²) in [4.78, 5) is 12.4. The highest BCUT2D eigenvalue weighted by atomic mass is 35.5. The molecular weight excluding hydrogens is 376 g/mol. The molecule has 3 aromatic rings. The minimum atomic E-state index is -0.0830. The maximum absolute atomic E-state index is 12.4. The standard InChI is InChI=1S/C22H21ClN2O3/c1-15-20(13-25(2)24-15)21(26)10-4-16-5-11-22(27-3)17(12-16)14-28-19-8-6-18(23)7-9-19/h4-13H,14H2,1-3H3/b10-4+. The average molecular weight is 397 g/mol. The SMILES string of the molecule is COc1ccc(/C=C/C(=O)c2cn(C)nc2C)cc1COc1ccc(Cl)cc1. The Labute approximate surface area is 169 Å². The van der Waals surface area contributed by atoms with Gasteiger partial charge in [0.05, 0.1) is 18.4 Å². The van der Waals surface area contributed by atoms with Crippen molar-refractivity contribution in [2.24, 2.45) is 7.05 Å². The Morgan fingerprint density at radius 2 is 1.96 bits per heavy atom. The molecule has 0 aliphatic heterocycles. The van der Waals surface area contributed by atoms with Gasteiger partial charge in [0.25, 0.3) is 0 Å². The number of allylic oxidation sites excluding steroid dienone is 1. The minimum absolute atomic E-state index is 0.0830. The van der Waals surface area contributed by atoms with E-state index < -0.39 is 0 Å². The third-order valence-corrected chi connectivity index (χ3v) is 4.47. The van der Waals surface area contributed by atoms with E-state index in [0.29, 0.717) is 22.9 Å². The fourth-order valence-corrected chi connectivity index (χ4v) is 2.94. The molecular formula is C22H21ClN2O3. The first-order valence-electron chi connectivity index (χ1n) is 8.74. The van der Waals surface area contributed by atoms with E-state index in [9.17, 15) is 4.79 Å². The lowest BCUT2D eigenvalue weighted by Crippen LogP contribution is -1.99. The van der Waals surface area contributed by atoms with Crippen molar-refractivity contribution in [2.75, 3.05) is 7.11 Å². The van der Waals surface area contributed by atoms with Crippen LogP contribution in [0, 0.1) is 6.92 Å². The highest BCUT2D eigenvalue weighted by Crippen LogP contribution is 2.24. The van der Waals surface area contributed by atoms with E-state index in [4.69, 9.17) is 21.1 Å². The largest absolute Gasteiger partial charge is 0.496 e. The Bertz CT molecular complexity index is 1010. The Morgan fingerprint density at radius 3 is 2.61 bits per heavy atom. The van der Waals surface area contributed by atoms with E-state index in [0.717, 1.165) is 22.6 Å². The smallest absolute Gasteiger partial charge is 0.189 e. The zero-order chi connectivity index (χ0) is 20.1. The van der Waals surface area contributed by atoms with Crippen molar-refractivity contribution >= 4 is 23.5 Å². The van der Waals surface area contributed by atoms with E-state index in [-0.39, 0.29) is 5.78 Å². The Kier molecular flexibility index (Phi) is 6.16. The van der Waals surface area contributed by atoms with Gasteiger partial charge in [-0.05, 0) is 55.0 Å². The average Bonchev–Trinajstić information content (AvgIpc) is 3.04. The first kappa shape index (κ1) is 19.7. The summed E-state index contributed by atoms with van der Waals surface area (Å²) in [6.07, 6.45) is 5.05. The van der Waals surface area contributed by atoms with Gasteiger partial charge < -0.3 is 9.47 Å². The van der Waals surface area contributed by atoms with Crippen molar-refractivity contribution in [1.82, 2.24) is 9.78 Å². The number of ether oxygens (including phenoxy) is 2. The molecule has 0 fully saturated rings. The fourth-order valence-electron chi connectivity index (χ4n) is 2.81. The number of rotatable bonds is 7. The molecule has 0 aliphatic carbocycles. The number of ketones is 1. The van der Waals surface area contributed by atoms with Gasteiger partial charge in [-0.3, -0.25) is 9.48 Å². The first-order chi connectivity index (χ1) is 13.5. The maximum atomic E-state index is 12.4. The molecule has 0 saturated carbocycles. The molecule has 0 spiro atoms. The number of hydrogen-bond donors (Lipinski definition) is 0. The molecule has 0 radical (unpaired) electrons. The van der Waals surface area contributed by atoms with E-state index in [1.807, 2.05) is 37.3 Å². The number of carbonyl (C=O) groups excluding carboxylic acids is 1. The van der Waals surface area contributed by atoms with Crippen molar-refractivity contribution < 1.29 is 14.3 Å². The first-order valence-corrected chi connectivity index (χ1v) is 9.12. The molecule has 0 N–H and O–H groups in total. The third-order valence-electron chi connectivity index (χ3n) is 4.22. The zero-order valence-electron chi connectivity index (χ0n) is 16.0. The van der Waals surface area contributed by atoms with Crippen molar-refractivity contribution in [3.8, 4) is 11.5 Å². The van der Waals surface area contributed by atoms with Gasteiger partial charge in [-0.15, -0.1) is 0 Å². The molecule has 1 aromatic heterocycles. The summed E-state index contributed by atoms with van der Waals surface area (Å²) < 4.78 is 12.9. The molecule has 6 heteroatoms. The van der Waals surface area contributed by atoms with Gasteiger partial charge in [-0.2, -0.15) is 5.10 Å². The summed E-state index contributed by atoms with van der Waals surface area (Å²) in [5.74, 6) is 1.36. The fraction of sp³-hybridized carbons (Fsp3) is 0.182. The van der Waals surface area contributed by atoms with Crippen molar-refractivity contribution in [3.63, 3.8) is 0 Å². The van der Waals surface area contributed by atoms with Crippen LogP contribution in [0.2, 0.25) is 5.02 Å². The Morgan fingerprint density at radius 1 is 1.21 bits per heavy atom. The summed E-state index contributed by atoms with van der Waals surface area (Å²) in [6, 6.07) is 12.9. The highest BCUT2D eigenvalue weighted by Gasteiger charge is 2.10. The van der Waals surface area contributed by atoms with E-state index in [2.05, 4.69) is 5.10 Å². The lowest BCUT2D eigenvalue weighted by molar-refractivity contribution is 0.104. The Balaban J connectivity index is 1.75. The molecule has 2 aromatic carbocycles. The van der Waals surface area contributed by atoms with Crippen molar-refractivity contribution in [3.05, 3.63) is 82.1 Å². The second-order valence-corrected chi connectivity index (χ2v) is 6.75. The molecule has 0 atom stereocenters. The quantitative estimate of drug-likeness (QED) is 0.422. The van der Waals surface area contributed by atoms with Crippen molar-refractivity contribution in [2.45, 2.75) is 13.5 Å². The lowest BCUT2D eigenvalue weighted by Gasteiger charge is -2.11. The molecule has 3 rings (SSSR count). The summed E-state index contributed by atoms with van der Waals surface area (Å²) in [7, 11) is 3.41. The molecule has 5 nitrogen and oxygen atoms in total. The molecule has 0 amide bonds. The van der Waals surface area contributed by atoms with Crippen LogP contribution >= 0.6 is 11.6 Å². The number of benzene rings is 2. The van der Waals surface area contributed by atoms with Gasteiger partial charge in [0.15, 0.2) is 5.78 Å². The maximum Gasteiger partial charge on any atom is 0.189 e. The predicted octanol–water partition coefficient (Wildman–Crippen LogP) is 4.87. The van der Waals surface area contributed by atoms with Crippen LogP contribution in [0.25, 0.3) is 6.08 Å². The molecule has 28 heavy (non-hydrogen) atoms. The number of aromatic nitrogens is 2. The second kappa shape index (κ2) is 8.76. The molecule has 0 saturated heterocycles. The third kappa shape index (κ3) is 4.81. The highest BCUT2D eigenvalue weighted by molar-refractivity contribution is 6.30. The summed E-state index contributed by atoms with van der Waals surface area (Å²) >= 11 is 5.90. The van der Waals surface area contributed by atoms with Gasteiger partial charge in [-0.1, -0.05) is 23.7 Å². The number of aryl methyl sites for hydroxylation is 2. The number of halogens is 1.